The summed E-state index contributed by atoms with van der Waals surface area (Å²) >= 11 is 0. The van der Waals surface area contributed by atoms with E-state index in [4.69, 9.17) is 14.3 Å². The van der Waals surface area contributed by atoms with E-state index in [1.807, 2.05) is 113 Å². The summed E-state index contributed by atoms with van der Waals surface area (Å²) in [6.45, 7) is 8.55. The van der Waals surface area contributed by atoms with E-state index in [9.17, 15) is 14.4 Å². The number of hydroxylamine groups is 2. The molecule has 2 fully saturated rings. The standard InChI is InChI=1S/C36H43N3O6/c1-5-6-20-30(33(41)34-39(45-34)25(2)27-15-9-7-10-16-27)37-35(42)44-32-23-36(3,4)24-38(32)31(40)22-26-14-13-19-29(21-26)43-28-17-11-8-12-18-28/h7-19,21,25,30,32,34H,5-6,20,22-24H2,1-4H3,(H,37,42)/t25-,30+,32?,34?,39?/m1/s1. The molecule has 0 saturated carbocycles. The van der Waals surface area contributed by atoms with Gasteiger partial charge in [0.2, 0.25) is 17.9 Å². The van der Waals surface area contributed by atoms with Crippen LogP contribution < -0.4 is 10.1 Å². The molecule has 0 spiro atoms. The third kappa shape index (κ3) is 8.49. The van der Waals surface area contributed by atoms with Crippen molar-refractivity contribution in [3.05, 3.63) is 96.1 Å². The van der Waals surface area contributed by atoms with Crippen LogP contribution in [0.25, 0.3) is 0 Å². The molecule has 2 amide bonds. The Kier molecular flexibility index (Phi) is 10.2. The normalized spacial score (nSPS) is 21.4. The topological polar surface area (TPSA) is 100 Å². The number of nitrogens with zero attached hydrogens (tertiary/aromatic N) is 2. The lowest BCUT2D eigenvalue weighted by Crippen LogP contribution is -2.47. The number of nitrogens with one attached hydrogen (secondary N) is 1. The van der Waals surface area contributed by atoms with Gasteiger partial charge in [0.15, 0.2) is 6.23 Å². The second kappa shape index (κ2) is 14.3. The van der Waals surface area contributed by atoms with E-state index in [0.29, 0.717) is 30.9 Å². The number of para-hydroxylation sites is 1. The Balaban J connectivity index is 1.20. The molecule has 2 aliphatic heterocycles. The molecule has 2 saturated heterocycles. The van der Waals surface area contributed by atoms with Crippen LogP contribution in [0, 0.1) is 5.41 Å². The van der Waals surface area contributed by atoms with Crippen molar-refractivity contribution in [2.24, 2.45) is 5.41 Å². The summed E-state index contributed by atoms with van der Waals surface area (Å²) in [4.78, 5) is 47.5. The first-order valence-electron chi connectivity index (χ1n) is 15.8. The van der Waals surface area contributed by atoms with Gasteiger partial charge < -0.3 is 19.7 Å². The summed E-state index contributed by atoms with van der Waals surface area (Å²) in [7, 11) is 0. The minimum Gasteiger partial charge on any atom is -0.457 e. The average molecular weight is 614 g/mol. The molecule has 238 valence electrons. The maximum atomic E-state index is 13.5. The van der Waals surface area contributed by atoms with Gasteiger partial charge in [0.25, 0.3) is 0 Å². The second-order valence-electron chi connectivity index (χ2n) is 12.6. The fraction of sp³-hybridized carbons (Fsp3) is 0.417. The van der Waals surface area contributed by atoms with Gasteiger partial charge in [-0.15, -0.1) is 5.06 Å². The van der Waals surface area contributed by atoms with Crippen molar-refractivity contribution in [3.8, 4) is 11.5 Å². The molecule has 0 aromatic heterocycles. The fourth-order valence-corrected chi connectivity index (χ4v) is 5.79. The number of amides is 2. The van der Waals surface area contributed by atoms with Crippen LogP contribution in [0.3, 0.4) is 0 Å². The van der Waals surface area contributed by atoms with Crippen LogP contribution in [0.5, 0.6) is 11.5 Å². The van der Waals surface area contributed by atoms with Gasteiger partial charge in [0.1, 0.15) is 11.5 Å². The van der Waals surface area contributed by atoms with E-state index in [1.165, 1.54) is 0 Å². The molecule has 0 aliphatic carbocycles. The molecule has 9 nitrogen and oxygen atoms in total. The Bertz CT molecular complexity index is 1460. The van der Waals surface area contributed by atoms with Crippen LogP contribution in [0.15, 0.2) is 84.9 Å². The number of alkyl carbamates (subject to hydrolysis) is 1. The SMILES string of the molecule is CCCC[C@H](NC(=O)OC1CC(C)(C)CN1C(=O)Cc1cccc(Oc2ccccc2)c1)C(=O)C1ON1[C@H](C)c1ccccc1. The predicted octanol–water partition coefficient (Wildman–Crippen LogP) is 6.79. The van der Waals surface area contributed by atoms with Gasteiger partial charge in [-0.05, 0) is 54.2 Å². The zero-order chi connectivity index (χ0) is 32.0. The molecule has 45 heavy (non-hydrogen) atoms. The number of ketones is 1. The predicted molar refractivity (Wildman–Crippen MR) is 170 cm³/mol. The van der Waals surface area contributed by atoms with Crippen LogP contribution in [-0.2, 0) is 25.6 Å². The largest absolute Gasteiger partial charge is 0.457 e. The molecule has 0 radical (unpaired) electrons. The van der Waals surface area contributed by atoms with Gasteiger partial charge in [-0.1, -0.05) is 94.3 Å². The lowest BCUT2D eigenvalue weighted by atomic mass is 9.93. The van der Waals surface area contributed by atoms with Gasteiger partial charge in [-0.2, -0.15) is 0 Å². The number of ether oxygens (including phenoxy) is 2. The highest BCUT2D eigenvalue weighted by molar-refractivity contribution is 5.91. The van der Waals surface area contributed by atoms with Gasteiger partial charge in [0, 0.05) is 13.0 Å². The number of rotatable bonds is 13. The number of likely N-dealkylation sites (tertiary alicyclic amines) is 1. The summed E-state index contributed by atoms with van der Waals surface area (Å²) in [5, 5.41) is 4.45. The minimum atomic E-state index is -0.763. The Morgan fingerprint density at radius 2 is 1.67 bits per heavy atom. The molecule has 5 atom stereocenters. The zero-order valence-electron chi connectivity index (χ0n) is 26.5. The van der Waals surface area contributed by atoms with Crippen molar-refractivity contribution in [2.45, 2.75) is 84.3 Å². The summed E-state index contributed by atoms with van der Waals surface area (Å²) in [5.74, 6) is 0.995. The van der Waals surface area contributed by atoms with E-state index in [2.05, 4.69) is 5.32 Å². The molecular weight excluding hydrogens is 570 g/mol. The van der Waals surface area contributed by atoms with Crippen molar-refractivity contribution in [3.63, 3.8) is 0 Å². The van der Waals surface area contributed by atoms with Gasteiger partial charge in [0.05, 0.1) is 18.5 Å². The summed E-state index contributed by atoms with van der Waals surface area (Å²) in [6, 6.07) is 25.8. The lowest BCUT2D eigenvalue weighted by Gasteiger charge is -2.26. The monoisotopic (exact) mass is 613 g/mol. The Morgan fingerprint density at radius 3 is 2.38 bits per heavy atom. The smallest absolute Gasteiger partial charge is 0.409 e. The number of benzene rings is 3. The number of Topliss-reactive ketones (excluding diaryl/α,β-unsaturated/α-hetero) is 1. The molecule has 3 unspecified atom stereocenters. The van der Waals surface area contributed by atoms with Gasteiger partial charge in [-0.25, -0.2) is 4.79 Å². The van der Waals surface area contributed by atoms with Crippen LogP contribution in [-0.4, -0.2) is 52.8 Å². The number of hydrogen-bond acceptors (Lipinski definition) is 7. The number of unbranched alkanes of at least 4 members (excludes halogenated alkanes) is 1. The van der Waals surface area contributed by atoms with Crippen molar-refractivity contribution in [1.82, 2.24) is 15.3 Å². The highest BCUT2D eigenvalue weighted by Crippen LogP contribution is 2.36. The first kappa shape index (κ1) is 32.2. The minimum absolute atomic E-state index is 0.107. The molecule has 3 aromatic rings. The number of hydrogen-bond donors (Lipinski definition) is 1. The van der Waals surface area contributed by atoms with E-state index in [0.717, 1.165) is 24.0 Å². The van der Waals surface area contributed by atoms with E-state index in [-0.39, 0.29) is 29.6 Å². The average Bonchev–Trinajstić information content (AvgIpc) is 3.77. The Hall–Kier alpha value is -4.21. The van der Waals surface area contributed by atoms with Crippen molar-refractivity contribution >= 4 is 17.8 Å². The highest BCUT2D eigenvalue weighted by atomic mass is 16.8. The summed E-state index contributed by atoms with van der Waals surface area (Å²) in [6.07, 6.45) is 0.529. The molecule has 1 N–H and O–H groups in total. The molecule has 0 bridgehead atoms. The maximum absolute atomic E-state index is 13.5. The second-order valence-corrected chi connectivity index (χ2v) is 12.6. The molecule has 9 heteroatoms. The Morgan fingerprint density at radius 1 is 0.978 bits per heavy atom. The summed E-state index contributed by atoms with van der Waals surface area (Å²) in [5.41, 5.74) is 1.59. The van der Waals surface area contributed by atoms with Crippen molar-refractivity contribution in [2.75, 3.05) is 6.54 Å². The Labute approximate surface area is 265 Å². The fourth-order valence-electron chi connectivity index (χ4n) is 5.79. The molecular formula is C36H43N3O6. The number of carbonyl (C=O) groups is 3. The van der Waals surface area contributed by atoms with E-state index < -0.39 is 24.6 Å². The van der Waals surface area contributed by atoms with E-state index in [1.54, 1.807) is 9.96 Å². The molecule has 2 heterocycles. The molecule has 5 rings (SSSR count). The first-order chi connectivity index (χ1) is 21.6. The molecule has 2 aliphatic rings. The van der Waals surface area contributed by atoms with E-state index >= 15 is 0 Å². The quantitative estimate of drug-likeness (QED) is 0.212. The molecule has 3 aromatic carbocycles. The lowest BCUT2D eigenvalue weighted by molar-refractivity contribution is -0.137. The van der Waals surface area contributed by atoms with Gasteiger partial charge in [-0.3, -0.25) is 14.4 Å². The van der Waals surface area contributed by atoms with Gasteiger partial charge >= 0.3 is 6.09 Å². The maximum Gasteiger partial charge on any atom is 0.409 e. The highest BCUT2D eigenvalue weighted by Gasteiger charge is 2.49. The van der Waals surface area contributed by atoms with Crippen molar-refractivity contribution in [1.29, 1.82) is 0 Å². The van der Waals surface area contributed by atoms with Crippen LogP contribution >= 0.6 is 0 Å². The van der Waals surface area contributed by atoms with Crippen LogP contribution in [0.2, 0.25) is 0 Å². The zero-order valence-corrected chi connectivity index (χ0v) is 26.5. The first-order valence-corrected chi connectivity index (χ1v) is 15.8. The third-order valence-corrected chi connectivity index (χ3v) is 8.27. The van der Waals surface area contributed by atoms with Crippen LogP contribution in [0.1, 0.15) is 70.5 Å². The third-order valence-electron chi connectivity index (χ3n) is 8.27. The number of carbonyl (C=O) groups excluding carboxylic acids is 3. The van der Waals surface area contributed by atoms with Crippen LogP contribution in [0.4, 0.5) is 4.79 Å². The summed E-state index contributed by atoms with van der Waals surface area (Å²) < 4.78 is 11.8. The van der Waals surface area contributed by atoms with Crippen molar-refractivity contribution < 1.29 is 28.7 Å².